The molecule has 11 heavy (non-hydrogen) atoms. The molecule has 0 saturated heterocycles. The highest BCUT2D eigenvalue weighted by Crippen LogP contribution is 2.05. The maximum atomic E-state index is 8.59. The predicted octanol–water partition coefficient (Wildman–Crippen LogP) is 1.18. The third-order valence-electron chi connectivity index (χ3n) is 1.17. The van der Waals surface area contributed by atoms with Crippen molar-refractivity contribution in [1.29, 1.82) is 5.26 Å². The second-order valence-corrected chi connectivity index (χ2v) is 1.95. The molecule has 0 amide bonds. The maximum absolute atomic E-state index is 8.59. The fourth-order valence-electron chi connectivity index (χ4n) is 0.658. The topological polar surface area (TPSA) is 57.2 Å². The zero-order valence-electron chi connectivity index (χ0n) is 5.82. The van der Waals surface area contributed by atoms with Crippen LogP contribution in [0.25, 0.3) is 6.08 Å². The Hall–Kier alpha value is -1.53. The first-order valence-electron chi connectivity index (χ1n) is 3.12. The van der Waals surface area contributed by atoms with Gasteiger partial charge in [-0.25, -0.2) is 0 Å². The van der Waals surface area contributed by atoms with E-state index in [9.17, 15) is 0 Å². The molecule has 1 heterocycles. The van der Waals surface area contributed by atoms with Crippen LogP contribution in [0.1, 0.15) is 5.76 Å². The minimum atomic E-state index is -0.253. The van der Waals surface area contributed by atoms with Gasteiger partial charge in [0, 0.05) is 0 Å². The van der Waals surface area contributed by atoms with Gasteiger partial charge in [0.25, 0.3) is 0 Å². The van der Waals surface area contributed by atoms with Gasteiger partial charge in [-0.05, 0) is 18.2 Å². The van der Waals surface area contributed by atoms with Crippen molar-refractivity contribution in [3.8, 4) is 6.07 Å². The number of aliphatic hydroxyl groups is 1. The molecule has 0 saturated carbocycles. The van der Waals surface area contributed by atoms with Crippen molar-refractivity contribution in [3.63, 3.8) is 0 Å². The summed E-state index contributed by atoms with van der Waals surface area (Å²) in [4.78, 5) is 0. The molecule has 0 fully saturated rings. The van der Waals surface area contributed by atoms with E-state index < -0.39 is 0 Å². The Kier molecular flexibility index (Phi) is 2.47. The summed E-state index contributed by atoms with van der Waals surface area (Å²) in [5, 5.41) is 17.0. The Morgan fingerprint density at radius 3 is 3.09 bits per heavy atom. The number of nitrogens with zero attached hydrogens (tertiary/aromatic N) is 1. The van der Waals surface area contributed by atoms with E-state index in [0.29, 0.717) is 11.3 Å². The number of rotatable bonds is 2. The van der Waals surface area contributed by atoms with Gasteiger partial charge in [-0.3, -0.25) is 0 Å². The molecule has 0 aliphatic heterocycles. The monoisotopic (exact) mass is 149 g/mol. The highest BCUT2D eigenvalue weighted by Gasteiger charge is 1.94. The minimum Gasteiger partial charge on any atom is -0.465 e. The maximum Gasteiger partial charge on any atom is 0.127 e. The van der Waals surface area contributed by atoms with Gasteiger partial charge in [-0.1, -0.05) is 0 Å². The highest BCUT2D eigenvalue weighted by atomic mass is 16.3. The van der Waals surface area contributed by atoms with E-state index in [1.54, 1.807) is 12.1 Å². The van der Waals surface area contributed by atoms with Crippen LogP contribution in [0.5, 0.6) is 0 Å². The molecule has 0 radical (unpaired) electrons. The van der Waals surface area contributed by atoms with Crippen LogP contribution >= 0.6 is 0 Å². The molecule has 0 aliphatic rings. The lowest BCUT2D eigenvalue weighted by Gasteiger charge is -1.87. The van der Waals surface area contributed by atoms with Crippen LogP contribution in [0.2, 0.25) is 0 Å². The SMILES string of the molecule is N#C/C(=C\c1ccco1)CO. The fourth-order valence-corrected chi connectivity index (χ4v) is 0.658. The standard InChI is InChI=1S/C8H7NO2/c9-5-7(6-10)4-8-2-1-3-11-8/h1-4,10H,6H2/b7-4+. The molecule has 1 N–H and O–H groups in total. The van der Waals surface area contributed by atoms with Gasteiger partial charge in [-0.15, -0.1) is 0 Å². The first-order valence-corrected chi connectivity index (χ1v) is 3.12. The van der Waals surface area contributed by atoms with E-state index in [1.165, 1.54) is 12.3 Å². The van der Waals surface area contributed by atoms with Gasteiger partial charge in [0.2, 0.25) is 0 Å². The van der Waals surface area contributed by atoms with Crippen molar-refractivity contribution in [2.75, 3.05) is 6.61 Å². The van der Waals surface area contributed by atoms with Gasteiger partial charge >= 0.3 is 0 Å². The van der Waals surface area contributed by atoms with Crippen LogP contribution in [-0.4, -0.2) is 11.7 Å². The molecule has 56 valence electrons. The van der Waals surface area contributed by atoms with Gasteiger partial charge in [0.1, 0.15) is 5.76 Å². The van der Waals surface area contributed by atoms with Gasteiger partial charge in [-0.2, -0.15) is 5.26 Å². The van der Waals surface area contributed by atoms with Gasteiger partial charge in [0.05, 0.1) is 24.5 Å². The quantitative estimate of drug-likeness (QED) is 0.642. The molecule has 3 heteroatoms. The average Bonchev–Trinajstić information content (AvgIpc) is 2.52. The van der Waals surface area contributed by atoms with Crippen molar-refractivity contribution in [2.45, 2.75) is 0 Å². The fraction of sp³-hybridized carbons (Fsp3) is 0.125. The minimum absolute atomic E-state index is 0.253. The zero-order valence-corrected chi connectivity index (χ0v) is 5.82. The van der Waals surface area contributed by atoms with Crippen LogP contribution in [-0.2, 0) is 0 Å². The Balaban J connectivity index is 2.81. The first kappa shape index (κ1) is 7.58. The van der Waals surface area contributed by atoms with E-state index in [4.69, 9.17) is 14.8 Å². The largest absolute Gasteiger partial charge is 0.465 e. The Labute approximate surface area is 64.2 Å². The van der Waals surface area contributed by atoms with Crippen LogP contribution < -0.4 is 0 Å². The number of hydrogen-bond donors (Lipinski definition) is 1. The van der Waals surface area contributed by atoms with Gasteiger partial charge < -0.3 is 9.52 Å². The number of hydrogen-bond acceptors (Lipinski definition) is 3. The lowest BCUT2D eigenvalue weighted by molar-refractivity contribution is 0.336. The second-order valence-electron chi connectivity index (χ2n) is 1.95. The smallest absolute Gasteiger partial charge is 0.127 e. The Morgan fingerprint density at radius 1 is 1.82 bits per heavy atom. The van der Waals surface area contributed by atoms with Crippen molar-refractivity contribution >= 4 is 6.08 Å². The molecule has 0 aliphatic carbocycles. The second kappa shape index (κ2) is 3.59. The summed E-state index contributed by atoms with van der Waals surface area (Å²) in [6, 6.07) is 5.28. The molecule has 0 aromatic carbocycles. The summed E-state index contributed by atoms with van der Waals surface area (Å²) in [5.41, 5.74) is 0.292. The molecule has 0 bridgehead atoms. The number of furan rings is 1. The molecule has 0 spiro atoms. The van der Waals surface area contributed by atoms with E-state index >= 15 is 0 Å². The van der Waals surface area contributed by atoms with Crippen molar-refractivity contribution < 1.29 is 9.52 Å². The molecule has 1 aromatic heterocycles. The van der Waals surface area contributed by atoms with Crippen molar-refractivity contribution in [3.05, 3.63) is 29.7 Å². The van der Waals surface area contributed by atoms with Crippen molar-refractivity contribution in [2.24, 2.45) is 0 Å². The van der Waals surface area contributed by atoms with Crippen LogP contribution in [0.4, 0.5) is 0 Å². The Morgan fingerprint density at radius 2 is 2.64 bits per heavy atom. The van der Waals surface area contributed by atoms with E-state index in [2.05, 4.69) is 0 Å². The number of nitriles is 1. The summed E-state index contributed by atoms with van der Waals surface area (Å²) in [6.45, 7) is -0.253. The molecular weight excluding hydrogens is 142 g/mol. The van der Waals surface area contributed by atoms with E-state index in [0.717, 1.165) is 0 Å². The van der Waals surface area contributed by atoms with Crippen LogP contribution in [0.3, 0.4) is 0 Å². The predicted molar refractivity (Wildman–Crippen MR) is 39.4 cm³/mol. The lowest BCUT2D eigenvalue weighted by atomic mass is 10.2. The van der Waals surface area contributed by atoms with E-state index in [-0.39, 0.29) is 6.61 Å². The first-order chi connectivity index (χ1) is 5.36. The highest BCUT2D eigenvalue weighted by molar-refractivity contribution is 5.52. The molecule has 0 atom stereocenters. The third kappa shape index (κ3) is 1.95. The van der Waals surface area contributed by atoms with Crippen molar-refractivity contribution in [1.82, 2.24) is 0 Å². The van der Waals surface area contributed by atoms with E-state index in [1.807, 2.05) is 6.07 Å². The molecule has 0 unspecified atom stereocenters. The average molecular weight is 149 g/mol. The third-order valence-corrected chi connectivity index (χ3v) is 1.17. The van der Waals surface area contributed by atoms with Crippen LogP contribution in [0.15, 0.2) is 28.4 Å². The molecular formula is C8H7NO2. The molecule has 1 rings (SSSR count). The van der Waals surface area contributed by atoms with Crippen LogP contribution in [0, 0.1) is 11.3 Å². The number of aliphatic hydroxyl groups excluding tert-OH is 1. The summed E-state index contributed by atoms with van der Waals surface area (Å²) in [5.74, 6) is 0.579. The summed E-state index contributed by atoms with van der Waals surface area (Å²) >= 11 is 0. The molecule has 1 aromatic rings. The molecule has 3 nitrogen and oxygen atoms in total. The summed E-state index contributed by atoms with van der Waals surface area (Å²) in [6.07, 6.45) is 3.01. The normalized spacial score (nSPS) is 11.1. The summed E-state index contributed by atoms with van der Waals surface area (Å²) < 4.78 is 4.93. The Bertz CT molecular complexity index is 280. The van der Waals surface area contributed by atoms with Gasteiger partial charge in [0.15, 0.2) is 0 Å². The zero-order chi connectivity index (χ0) is 8.10. The lowest BCUT2D eigenvalue weighted by Crippen LogP contribution is -1.84. The summed E-state index contributed by atoms with van der Waals surface area (Å²) in [7, 11) is 0.